The maximum absolute atomic E-state index is 12.2. The fraction of sp³-hybridized carbons (Fsp3) is 0.267. The molecule has 2 rings (SSSR count). The van der Waals surface area contributed by atoms with Gasteiger partial charge in [-0.1, -0.05) is 23.8 Å². The van der Waals surface area contributed by atoms with Gasteiger partial charge in [-0.25, -0.2) is 17.9 Å². The highest BCUT2D eigenvalue weighted by Gasteiger charge is 2.26. The topological polar surface area (TPSA) is 75.3 Å². The molecule has 0 aliphatic carbocycles. The van der Waals surface area contributed by atoms with Crippen LogP contribution in [0.25, 0.3) is 0 Å². The van der Waals surface area contributed by atoms with Crippen molar-refractivity contribution in [3.8, 4) is 0 Å². The lowest BCUT2D eigenvalue weighted by Gasteiger charge is -2.25. The van der Waals surface area contributed by atoms with Crippen LogP contribution in [0, 0.1) is 6.92 Å². The fourth-order valence-electron chi connectivity index (χ4n) is 1.90. The van der Waals surface area contributed by atoms with E-state index in [9.17, 15) is 13.2 Å². The number of carbonyl (C=O) groups is 1. The van der Waals surface area contributed by atoms with Crippen LogP contribution < -0.4 is 10.0 Å². The first-order valence-corrected chi connectivity index (χ1v) is 9.03. The molecule has 0 saturated heterocycles. The zero-order valence-electron chi connectivity index (χ0n) is 12.6. The lowest BCUT2D eigenvalue weighted by Crippen LogP contribution is -2.47. The van der Waals surface area contributed by atoms with Gasteiger partial charge in [0.1, 0.15) is 0 Å². The molecule has 7 heteroatoms. The molecule has 0 spiro atoms. The SMILES string of the molecule is Cc1ccc(S(=O)(=O)NC(=O)NC(C)(C)c2cccs2)cc1. The van der Waals surface area contributed by atoms with Gasteiger partial charge in [0.25, 0.3) is 10.0 Å². The van der Waals surface area contributed by atoms with Gasteiger partial charge < -0.3 is 5.32 Å². The Morgan fingerprint density at radius 1 is 1.14 bits per heavy atom. The molecule has 0 atom stereocenters. The first-order valence-electron chi connectivity index (χ1n) is 6.66. The molecule has 0 aliphatic rings. The Kier molecular flexibility index (Phi) is 4.58. The lowest BCUT2D eigenvalue weighted by atomic mass is 10.0. The van der Waals surface area contributed by atoms with Crippen LogP contribution >= 0.6 is 11.3 Å². The van der Waals surface area contributed by atoms with E-state index in [1.165, 1.54) is 23.5 Å². The molecule has 2 aromatic rings. The van der Waals surface area contributed by atoms with Crippen molar-refractivity contribution in [2.75, 3.05) is 0 Å². The smallest absolute Gasteiger partial charge is 0.328 e. The van der Waals surface area contributed by atoms with E-state index in [1.54, 1.807) is 12.1 Å². The predicted octanol–water partition coefficient (Wildman–Crippen LogP) is 2.98. The van der Waals surface area contributed by atoms with Gasteiger partial charge in [-0.3, -0.25) is 0 Å². The molecule has 0 bridgehead atoms. The minimum Gasteiger partial charge on any atom is -0.328 e. The Balaban J connectivity index is 2.10. The number of hydrogen-bond donors (Lipinski definition) is 2. The van der Waals surface area contributed by atoms with Gasteiger partial charge in [0.2, 0.25) is 0 Å². The lowest BCUT2D eigenvalue weighted by molar-refractivity contribution is 0.235. The van der Waals surface area contributed by atoms with E-state index in [0.29, 0.717) is 0 Å². The number of nitrogens with one attached hydrogen (secondary N) is 2. The number of aryl methyl sites for hydroxylation is 1. The molecule has 1 aromatic heterocycles. The largest absolute Gasteiger partial charge is 0.329 e. The normalized spacial score (nSPS) is 12.0. The number of hydrogen-bond acceptors (Lipinski definition) is 4. The number of thiophene rings is 1. The summed E-state index contributed by atoms with van der Waals surface area (Å²) in [5.41, 5.74) is 0.295. The number of benzene rings is 1. The second kappa shape index (κ2) is 6.10. The first kappa shape index (κ1) is 16.5. The van der Waals surface area contributed by atoms with Crippen molar-refractivity contribution in [2.24, 2.45) is 0 Å². The summed E-state index contributed by atoms with van der Waals surface area (Å²) in [6, 6.07) is 9.32. The van der Waals surface area contributed by atoms with Crippen LogP contribution in [-0.4, -0.2) is 14.4 Å². The fourth-order valence-corrected chi connectivity index (χ4v) is 3.62. The number of carbonyl (C=O) groups excluding carboxylic acids is 1. The number of sulfonamides is 1. The van der Waals surface area contributed by atoms with Crippen LogP contribution in [0.1, 0.15) is 24.3 Å². The van der Waals surface area contributed by atoms with E-state index in [-0.39, 0.29) is 4.90 Å². The summed E-state index contributed by atoms with van der Waals surface area (Å²) in [5.74, 6) is 0. The minimum absolute atomic E-state index is 0.0576. The Labute approximate surface area is 134 Å². The maximum atomic E-state index is 12.2. The van der Waals surface area contributed by atoms with Gasteiger partial charge >= 0.3 is 6.03 Å². The summed E-state index contributed by atoms with van der Waals surface area (Å²) in [5, 5.41) is 4.58. The van der Waals surface area contributed by atoms with E-state index in [0.717, 1.165) is 10.4 Å². The molecule has 1 heterocycles. The van der Waals surface area contributed by atoms with Crippen LogP contribution in [0.15, 0.2) is 46.7 Å². The van der Waals surface area contributed by atoms with Crippen molar-refractivity contribution in [3.05, 3.63) is 52.2 Å². The molecule has 5 nitrogen and oxygen atoms in total. The summed E-state index contributed by atoms with van der Waals surface area (Å²) in [4.78, 5) is 13.0. The average molecular weight is 338 g/mol. The Hall–Kier alpha value is -1.86. The van der Waals surface area contributed by atoms with Gasteiger partial charge in [0.05, 0.1) is 10.4 Å². The third-order valence-corrected chi connectivity index (χ3v) is 5.66. The summed E-state index contributed by atoms with van der Waals surface area (Å²) >= 11 is 1.50. The second-order valence-electron chi connectivity index (χ2n) is 5.47. The van der Waals surface area contributed by atoms with Gasteiger partial charge in [-0.2, -0.15) is 0 Å². The van der Waals surface area contributed by atoms with Gasteiger partial charge in [0, 0.05) is 4.88 Å². The number of urea groups is 1. The molecule has 0 fully saturated rings. The molecule has 1 aromatic carbocycles. The zero-order chi connectivity index (χ0) is 16.4. The minimum atomic E-state index is -3.88. The quantitative estimate of drug-likeness (QED) is 0.900. The molecule has 0 saturated carbocycles. The molecule has 2 N–H and O–H groups in total. The Bertz CT molecular complexity index is 749. The third kappa shape index (κ3) is 3.86. The summed E-state index contributed by atoms with van der Waals surface area (Å²) in [6.07, 6.45) is 0. The van der Waals surface area contributed by atoms with Crippen molar-refractivity contribution >= 4 is 27.4 Å². The van der Waals surface area contributed by atoms with Crippen LogP contribution in [-0.2, 0) is 15.6 Å². The van der Waals surface area contributed by atoms with E-state index < -0.39 is 21.6 Å². The molecule has 0 radical (unpaired) electrons. The van der Waals surface area contributed by atoms with Gasteiger partial charge in [-0.05, 0) is 44.4 Å². The van der Waals surface area contributed by atoms with Crippen LogP contribution in [0.2, 0.25) is 0 Å². The van der Waals surface area contributed by atoms with E-state index in [4.69, 9.17) is 0 Å². The molecular formula is C15H18N2O3S2. The number of rotatable bonds is 4. The van der Waals surface area contributed by atoms with Crippen LogP contribution in [0.5, 0.6) is 0 Å². The van der Waals surface area contributed by atoms with Crippen LogP contribution in [0.4, 0.5) is 4.79 Å². The van der Waals surface area contributed by atoms with Crippen LogP contribution in [0.3, 0.4) is 0 Å². The third-order valence-electron chi connectivity index (χ3n) is 3.12. The Morgan fingerprint density at radius 3 is 2.32 bits per heavy atom. The summed E-state index contributed by atoms with van der Waals surface area (Å²) in [6.45, 7) is 5.49. The zero-order valence-corrected chi connectivity index (χ0v) is 14.2. The molecule has 0 aliphatic heterocycles. The standard InChI is InChI=1S/C15H18N2O3S2/c1-11-6-8-12(9-7-11)22(19,20)17-14(18)16-15(2,3)13-5-4-10-21-13/h4-10H,1-3H3,(H2,16,17,18). The molecule has 22 heavy (non-hydrogen) atoms. The maximum Gasteiger partial charge on any atom is 0.329 e. The van der Waals surface area contributed by atoms with Gasteiger partial charge in [-0.15, -0.1) is 11.3 Å². The van der Waals surface area contributed by atoms with Crippen molar-refractivity contribution in [1.82, 2.24) is 10.0 Å². The monoisotopic (exact) mass is 338 g/mol. The second-order valence-corrected chi connectivity index (χ2v) is 8.11. The molecular weight excluding hydrogens is 320 g/mol. The van der Waals surface area contributed by atoms with Crippen molar-refractivity contribution < 1.29 is 13.2 Å². The summed E-state index contributed by atoms with van der Waals surface area (Å²) < 4.78 is 26.4. The van der Waals surface area contributed by atoms with E-state index in [1.807, 2.05) is 43.0 Å². The van der Waals surface area contributed by atoms with E-state index in [2.05, 4.69) is 5.32 Å². The predicted molar refractivity (Wildman–Crippen MR) is 87.4 cm³/mol. The highest BCUT2D eigenvalue weighted by Crippen LogP contribution is 2.24. The highest BCUT2D eigenvalue weighted by molar-refractivity contribution is 7.90. The highest BCUT2D eigenvalue weighted by atomic mass is 32.2. The van der Waals surface area contributed by atoms with Crippen molar-refractivity contribution in [3.63, 3.8) is 0 Å². The number of amides is 2. The first-order chi connectivity index (χ1) is 10.2. The Morgan fingerprint density at radius 2 is 1.77 bits per heavy atom. The summed E-state index contributed by atoms with van der Waals surface area (Å²) in [7, 11) is -3.88. The van der Waals surface area contributed by atoms with E-state index >= 15 is 0 Å². The molecule has 118 valence electrons. The van der Waals surface area contributed by atoms with Crippen molar-refractivity contribution in [2.45, 2.75) is 31.2 Å². The van der Waals surface area contributed by atoms with Crippen molar-refractivity contribution in [1.29, 1.82) is 0 Å². The average Bonchev–Trinajstić information content (AvgIpc) is 2.92. The van der Waals surface area contributed by atoms with Gasteiger partial charge in [0.15, 0.2) is 0 Å². The molecule has 2 amide bonds. The molecule has 0 unspecified atom stereocenters.